The SMILES string of the molecule is CNCC(=O)N1CCC[C@H](c2nc(C)cc(Nc3ncccc3C)n2)C1. The van der Waals surface area contributed by atoms with Crippen LogP contribution in [-0.2, 0) is 4.79 Å². The van der Waals surface area contributed by atoms with Gasteiger partial charge in [0.25, 0.3) is 0 Å². The molecule has 0 spiro atoms. The molecule has 2 N–H and O–H groups in total. The molecule has 7 heteroatoms. The lowest BCUT2D eigenvalue weighted by Gasteiger charge is -2.32. The fourth-order valence-corrected chi connectivity index (χ4v) is 3.25. The van der Waals surface area contributed by atoms with Crippen molar-refractivity contribution in [2.24, 2.45) is 0 Å². The van der Waals surface area contributed by atoms with Crippen LogP contribution in [0.15, 0.2) is 24.4 Å². The largest absolute Gasteiger partial charge is 0.341 e. The first-order chi connectivity index (χ1) is 12.6. The Morgan fingerprint density at radius 1 is 1.35 bits per heavy atom. The van der Waals surface area contributed by atoms with Crippen LogP contribution in [0.1, 0.15) is 35.8 Å². The third-order valence-electron chi connectivity index (χ3n) is 4.59. The van der Waals surface area contributed by atoms with Gasteiger partial charge in [0.05, 0.1) is 6.54 Å². The average molecular weight is 354 g/mol. The summed E-state index contributed by atoms with van der Waals surface area (Å²) in [6.07, 6.45) is 3.73. The van der Waals surface area contributed by atoms with E-state index in [1.807, 2.05) is 36.9 Å². The number of likely N-dealkylation sites (tertiary alicyclic amines) is 1. The molecule has 26 heavy (non-hydrogen) atoms. The number of anilines is 2. The van der Waals surface area contributed by atoms with Gasteiger partial charge in [-0.2, -0.15) is 0 Å². The van der Waals surface area contributed by atoms with Crippen LogP contribution in [-0.4, -0.2) is 52.4 Å². The smallest absolute Gasteiger partial charge is 0.236 e. The minimum Gasteiger partial charge on any atom is -0.341 e. The number of aromatic nitrogens is 3. The molecule has 3 rings (SSSR count). The molecule has 0 unspecified atom stereocenters. The van der Waals surface area contributed by atoms with Gasteiger partial charge in [0.1, 0.15) is 17.5 Å². The lowest BCUT2D eigenvalue weighted by Crippen LogP contribution is -2.43. The maximum absolute atomic E-state index is 12.2. The van der Waals surface area contributed by atoms with Crippen LogP contribution in [0.4, 0.5) is 11.6 Å². The van der Waals surface area contributed by atoms with Crippen LogP contribution in [0.2, 0.25) is 0 Å². The van der Waals surface area contributed by atoms with Crippen molar-refractivity contribution in [3.8, 4) is 0 Å². The Morgan fingerprint density at radius 3 is 2.96 bits per heavy atom. The Labute approximate surface area is 154 Å². The third-order valence-corrected chi connectivity index (χ3v) is 4.59. The molecule has 0 radical (unpaired) electrons. The number of nitrogens with zero attached hydrogens (tertiary/aromatic N) is 4. The summed E-state index contributed by atoms with van der Waals surface area (Å²) in [7, 11) is 1.79. The number of carbonyl (C=O) groups is 1. The van der Waals surface area contributed by atoms with Gasteiger partial charge in [0, 0.05) is 37.0 Å². The number of amides is 1. The van der Waals surface area contributed by atoms with Gasteiger partial charge in [0.15, 0.2) is 0 Å². The number of rotatable bonds is 5. The van der Waals surface area contributed by atoms with Crippen molar-refractivity contribution in [2.45, 2.75) is 32.6 Å². The van der Waals surface area contributed by atoms with E-state index in [1.54, 1.807) is 13.2 Å². The molecule has 0 aromatic carbocycles. The van der Waals surface area contributed by atoms with Crippen LogP contribution in [0.5, 0.6) is 0 Å². The maximum Gasteiger partial charge on any atom is 0.236 e. The van der Waals surface area contributed by atoms with E-state index < -0.39 is 0 Å². The second-order valence-corrected chi connectivity index (χ2v) is 6.76. The van der Waals surface area contributed by atoms with Gasteiger partial charge < -0.3 is 15.5 Å². The highest BCUT2D eigenvalue weighted by atomic mass is 16.2. The number of likely N-dealkylation sites (N-methyl/N-ethyl adjacent to an activating group) is 1. The van der Waals surface area contributed by atoms with E-state index in [1.165, 1.54) is 0 Å². The molecule has 7 nitrogen and oxygen atoms in total. The van der Waals surface area contributed by atoms with Gasteiger partial charge in [-0.25, -0.2) is 15.0 Å². The summed E-state index contributed by atoms with van der Waals surface area (Å²) in [5.41, 5.74) is 1.97. The van der Waals surface area contributed by atoms with Gasteiger partial charge in [-0.3, -0.25) is 4.79 Å². The lowest BCUT2D eigenvalue weighted by atomic mass is 9.97. The van der Waals surface area contributed by atoms with E-state index in [2.05, 4.69) is 20.6 Å². The predicted molar refractivity (Wildman–Crippen MR) is 102 cm³/mol. The van der Waals surface area contributed by atoms with Crippen LogP contribution in [0, 0.1) is 13.8 Å². The molecule has 0 aliphatic carbocycles. The van der Waals surface area contributed by atoms with Crippen molar-refractivity contribution >= 4 is 17.5 Å². The van der Waals surface area contributed by atoms with Gasteiger partial charge >= 0.3 is 0 Å². The van der Waals surface area contributed by atoms with E-state index >= 15 is 0 Å². The highest BCUT2D eigenvalue weighted by molar-refractivity contribution is 5.78. The van der Waals surface area contributed by atoms with Gasteiger partial charge in [-0.15, -0.1) is 0 Å². The van der Waals surface area contributed by atoms with Crippen LogP contribution in [0.3, 0.4) is 0 Å². The standard InChI is InChI=1S/C19H26N6O/c1-13-6-4-8-21-18(13)23-16-10-14(2)22-19(24-16)15-7-5-9-25(12-15)17(26)11-20-3/h4,6,8,10,15,20H,5,7,9,11-12H2,1-3H3,(H,21,22,23,24)/t15-/m0/s1. The van der Waals surface area contributed by atoms with Crippen molar-refractivity contribution in [3.05, 3.63) is 41.5 Å². The Hall–Kier alpha value is -2.54. The number of hydrogen-bond acceptors (Lipinski definition) is 6. The number of nitrogens with one attached hydrogen (secondary N) is 2. The topological polar surface area (TPSA) is 83.0 Å². The van der Waals surface area contributed by atoms with Gasteiger partial charge in [0.2, 0.25) is 5.91 Å². The molecular formula is C19H26N6O. The summed E-state index contributed by atoms with van der Waals surface area (Å²) in [6.45, 7) is 5.82. The van der Waals surface area contributed by atoms with Crippen molar-refractivity contribution in [3.63, 3.8) is 0 Å². The second kappa shape index (κ2) is 8.23. The van der Waals surface area contributed by atoms with E-state index in [4.69, 9.17) is 4.98 Å². The fraction of sp³-hybridized carbons (Fsp3) is 0.474. The van der Waals surface area contributed by atoms with Crippen molar-refractivity contribution in [1.82, 2.24) is 25.2 Å². The Bertz CT molecular complexity index is 778. The predicted octanol–water partition coefficient (Wildman–Crippen LogP) is 2.16. The van der Waals surface area contributed by atoms with Crippen molar-refractivity contribution in [1.29, 1.82) is 0 Å². The van der Waals surface area contributed by atoms with E-state index in [9.17, 15) is 4.79 Å². The molecule has 1 amide bonds. The van der Waals surface area contributed by atoms with Crippen molar-refractivity contribution < 1.29 is 4.79 Å². The summed E-state index contributed by atoms with van der Waals surface area (Å²) < 4.78 is 0. The number of hydrogen-bond donors (Lipinski definition) is 2. The fourth-order valence-electron chi connectivity index (χ4n) is 3.25. The van der Waals surface area contributed by atoms with Crippen molar-refractivity contribution in [2.75, 3.05) is 32.0 Å². The first-order valence-electron chi connectivity index (χ1n) is 9.03. The third kappa shape index (κ3) is 4.35. The highest BCUT2D eigenvalue weighted by Crippen LogP contribution is 2.26. The quantitative estimate of drug-likeness (QED) is 0.856. The maximum atomic E-state index is 12.2. The van der Waals surface area contributed by atoms with Crippen LogP contribution < -0.4 is 10.6 Å². The van der Waals surface area contributed by atoms with Gasteiger partial charge in [-0.05, 0) is 45.4 Å². The zero-order valence-corrected chi connectivity index (χ0v) is 15.6. The summed E-state index contributed by atoms with van der Waals surface area (Å²) in [5.74, 6) is 2.63. The Balaban J connectivity index is 1.79. The Morgan fingerprint density at radius 2 is 2.19 bits per heavy atom. The zero-order valence-electron chi connectivity index (χ0n) is 15.6. The van der Waals surface area contributed by atoms with E-state index in [-0.39, 0.29) is 11.8 Å². The van der Waals surface area contributed by atoms with E-state index in [0.29, 0.717) is 13.1 Å². The van der Waals surface area contributed by atoms with E-state index in [0.717, 1.165) is 48.1 Å². The minimum atomic E-state index is 0.132. The molecular weight excluding hydrogens is 328 g/mol. The molecule has 0 saturated carbocycles. The molecule has 138 valence electrons. The number of pyridine rings is 1. The number of piperidine rings is 1. The summed E-state index contributed by atoms with van der Waals surface area (Å²) in [4.78, 5) is 27.8. The normalized spacial score (nSPS) is 17.2. The zero-order chi connectivity index (χ0) is 18.5. The molecule has 3 heterocycles. The van der Waals surface area contributed by atoms with Crippen LogP contribution >= 0.6 is 0 Å². The van der Waals surface area contributed by atoms with Gasteiger partial charge in [-0.1, -0.05) is 6.07 Å². The summed E-state index contributed by atoms with van der Waals surface area (Å²) in [5, 5.41) is 6.22. The molecule has 1 saturated heterocycles. The molecule has 1 fully saturated rings. The average Bonchev–Trinajstić information content (AvgIpc) is 2.63. The van der Waals surface area contributed by atoms with Crippen LogP contribution in [0.25, 0.3) is 0 Å². The first kappa shape index (κ1) is 18.3. The minimum absolute atomic E-state index is 0.132. The molecule has 1 atom stereocenters. The number of aryl methyl sites for hydroxylation is 2. The molecule has 0 bridgehead atoms. The summed E-state index contributed by atoms with van der Waals surface area (Å²) in [6, 6.07) is 5.84. The first-order valence-corrected chi connectivity index (χ1v) is 9.03. The Kier molecular flexibility index (Phi) is 5.78. The lowest BCUT2D eigenvalue weighted by molar-refractivity contribution is -0.131. The highest BCUT2D eigenvalue weighted by Gasteiger charge is 2.26. The number of carbonyl (C=O) groups excluding carboxylic acids is 1. The summed E-state index contributed by atoms with van der Waals surface area (Å²) >= 11 is 0. The molecule has 1 aliphatic rings. The monoisotopic (exact) mass is 354 g/mol. The molecule has 2 aromatic heterocycles. The second-order valence-electron chi connectivity index (χ2n) is 6.76. The molecule has 1 aliphatic heterocycles. The molecule has 2 aromatic rings.